The topological polar surface area (TPSA) is 94.6 Å². The first-order valence-corrected chi connectivity index (χ1v) is 11.7. The van der Waals surface area contributed by atoms with Crippen molar-refractivity contribution in [1.82, 2.24) is 9.21 Å². The number of piperidine rings is 1. The van der Waals surface area contributed by atoms with Gasteiger partial charge in [0.2, 0.25) is 15.9 Å². The molecule has 0 saturated carbocycles. The summed E-state index contributed by atoms with van der Waals surface area (Å²) in [4.78, 5) is 14.6. The molecule has 1 fully saturated rings. The van der Waals surface area contributed by atoms with Crippen molar-refractivity contribution in [2.24, 2.45) is 5.92 Å². The summed E-state index contributed by atoms with van der Waals surface area (Å²) in [6, 6.07) is 9.89. The number of nitriles is 1. The van der Waals surface area contributed by atoms with Gasteiger partial charge in [-0.2, -0.15) is 9.57 Å². The smallest absolute Gasteiger partial charge is 0.244 e. The van der Waals surface area contributed by atoms with Crippen LogP contribution in [-0.4, -0.2) is 43.2 Å². The predicted octanol–water partition coefficient (Wildman–Crippen LogP) is 3.93. The molecule has 0 aliphatic carbocycles. The lowest BCUT2D eigenvalue weighted by atomic mass is 9.96. The number of rotatable bonds is 7. The molecular formula is C20H21Cl2N3O4S. The number of amides is 1. The first-order valence-electron chi connectivity index (χ1n) is 9.46. The Morgan fingerprint density at radius 1 is 1.27 bits per heavy atom. The van der Waals surface area contributed by atoms with Crippen molar-refractivity contribution < 1.29 is 17.6 Å². The molecule has 0 radical (unpaired) electrons. The molecule has 0 atom stereocenters. The summed E-state index contributed by atoms with van der Waals surface area (Å²) in [5.41, 5.74) is 0. The maximum Gasteiger partial charge on any atom is 0.244 e. The summed E-state index contributed by atoms with van der Waals surface area (Å²) >= 11 is 12.0. The van der Waals surface area contributed by atoms with Gasteiger partial charge in [0, 0.05) is 30.6 Å². The molecule has 0 N–H and O–H groups in total. The van der Waals surface area contributed by atoms with Gasteiger partial charge in [-0.25, -0.2) is 8.42 Å². The second-order valence-corrected chi connectivity index (χ2v) is 9.75. The Kier molecular flexibility index (Phi) is 7.42. The van der Waals surface area contributed by atoms with Crippen LogP contribution in [0.4, 0.5) is 0 Å². The van der Waals surface area contributed by atoms with Gasteiger partial charge in [-0.05, 0) is 43.2 Å². The minimum atomic E-state index is -3.81. The quantitative estimate of drug-likeness (QED) is 0.611. The highest BCUT2D eigenvalue weighted by atomic mass is 35.5. The Balaban J connectivity index is 1.68. The maximum atomic E-state index is 13.0. The van der Waals surface area contributed by atoms with Crippen molar-refractivity contribution in [3.8, 4) is 6.07 Å². The third kappa shape index (κ3) is 5.16. The first-order chi connectivity index (χ1) is 14.3. The Labute approximate surface area is 185 Å². The molecule has 1 aromatic carbocycles. The molecule has 10 heteroatoms. The van der Waals surface area contributed by atoms with Crippen molar-refractivity contribution in [1.29, 1.82) is 5.26 Å². The fraction of sp³-hybridized carbons (Fsp3) is 0.400. The van der Waals surface area contributed by atoms with Crippen molar-refractivity contribution in [3.05, 3.63) is 52.4 Å². The fourth-order valence-corrected chi connectivity index (χ4v) is 5.66. The SMILES string of the molecule is N#CCCN(Cc1ccco1)C(=O)C1CCN(S(=O)(=O)c2cc(Cl)ccc2Cl)CC1. The molecule has 1 aliphatic rings. The van der Waals surface area contributed by atoms with Crippen LogP contribution in [0.5, 0.6) is 0 Å². The molecule has 7 nitrogen and oxygen atoms in total. The molecule has 0 unspecified atom stereocenters. The fourth-order valence-electron chi connectivity index (χ4n) is 3.46. The molecule has 0 bridgehead atoms. The zero-order valence-corrected chi connectivity index (χ0v) is 18.5. The molecule has 3 rings (SSSR count). The van der Waals surface area contributed by atoms with E-state index in [2.05, 4.69) is 6.07 Å². The standard InChI is InChI=1S/C20H21Cl2N3O4S/c21-16-4-5-18(22)19(13-16)30(27,28)25-10-6-15(7-11-25)20(26)24(9-2-8-23)14-17-3-1-12-29-17/h1,3-5,12-13,15H,2,6-7,9-11,14H2. The van der Waals surface area contributed by atoms with E-state index in [4.69, 9.17) is 32.9 Å². The van der Waals surface area contributed by atoms with Crippen molar-refractivity contribution in [2.45, 2.75) is 30.7 Å². The van der Waals surface area contributed by atoms with E-state index in [1.54, 1.807) is 17.0 Å². The van der Waals surface area contributed by atoms with E-state index >= 15 is 0 Å². The normalized spacial score (nSPS) is 15.6. The summed E-state index contributed by atoms with van der Waals surface area (Å²) in [7, 11) is -3.81. The van der Waals surface area contributed by atoms with Crippen LogP contribution in [0.25, 0.3) is 0 Å². The minimum absolute atomic E-state index is 0.0325. The highest BCUT2D eigenvalue weighted by Gasteiger charge is 2.35. The molecule has 2 aromatic rings. The number of benzene rings is 1. The summed E-state index contributed by atoms with van der Waals surface area (Å²) in [5, 5.41) is 9.30. The second-order valence-electron chi connectivity index (χ2n) is 7.00. The first kappa shape index (κ1) is 22.6. The molecule has 1 saturated heterocycles. The monoisotopic (exact) mass is 469 g/mol. The summed E-state index contributed by atoms with van der Waals surface area (Å²) < 4.78 is 32.6. The summed E-state index contributed by atoms with van der Waals surface area (Å²) in [5.74, 6) is 0.219. The van der Waals surface area contributed by atoms with Gasteiger partial charge in [0.1, 0.15) is 10.7 Å². The van der Waals surface area contributed by atoms with E-state index in [0.717, 1.165) is 0 Å². The average molecular weight is 470 g/mol. The predicted molar refractivity (Wildman–Crippen MR) is 112 cm³/mol. The number of hydrogen-bond acceptors (Lipinski definition) is 5. The van der Waals surface area contributed by atoms with Crippen LogP contribution >= 0.6 is 23.2 Å². The second kappa shape index (κ2) is 9.84. The Morgan fingerprint density at radius 3 is 2.63 bits per heavy atom. The third-order valence-corrected chi connectivity index (χ3v) is 7.66. The van der Waals surface area contributed by atoms with Gasteiger partial charge in [-0.15, -0.1) is 0 Å². The van der Waals surface area contributed by atoms with Crippen molar-refractivity contribution >= 4 is 39.1 Å². The number of sulfonamides is 1. The number of halogens is 2. The Bertz CT molecular complexity index is 1030. The highest BCUT2D eigenvalue weighted by Crippen LogP contribution is 2.31. The van der Waals surface area contributed by atoms with Crippen LogP contribution in [0.2, 0.25) is 10.0 Å². The van der Waals surface area contributed by atoms with Crippen molar-refractivity contribution in [2.75, 3.05) is 19.6 Å². The van der Waals surface area contributed by atoms with Gasteiger partial charge >= 0.3 is 0 Å². The van der Waals surface area contributed by atoms with Gasteiger partial charge in [-0.1, -0.05) is 23.2 Å². The van der Waals surface area contributed by atoms with E-state index in [9.17, 15) is 13.2 Å². The number of hydrogen-bond donors (Lipinski definition) is 0. The van der Waals surface area contributed by atoms with Crippen LogP contribution in [0.3, 0.4) is 0 Å². The molecule has 1 aliphatic heterocycles. The van der Waals surface area contributed by atoms with Crippen molar-refractivity contribution in [3.63, 3.8) is 0 Å². The zero-order chi connectivity index (χ0) is 21.7. The average Bonchev–Trinajstić information content (AvgIpc) is 3.25. The van der Waals surface area contributed by atoms with E-state index < -0.39 is 10.0 Å². The summed E-state index contributed by atoms with van der Waals surface area (Å²) in [6.07, 6.45) is 2.52. The largest absolute Gasteiger partial charge is 0.467 e. The lowest BCUT2D eigenvalue weighted by molar-refractivity contribution is -0.137. The van der Waals surface area contributed by atoms with E-state index in [-0.39, 0.29) is 52.8 Å². The van der Waals surface area contributed by atoms with Crippen LogP contribution < -0.4 is 0 Å². The van der Waals surface area contributed by atoms with Gasteiger partial charge in [0.25, 0.3) is 0 Å². The van der Waals surface area contributed by atoms with Crippen LogP contribution in [0.1, 0.15) is 25.0 Å². The van der Waals surface area contributed by atoms with Crippen LogP contribution in [-0.2, 0) is 21.4 Å². The van der Waals surface area contributed by atoms with Gasteiger partial charge < -0.3 is 9.32 Å². The van der Waals surface area contributed by atoms with Gasteiger partial charge in [-0.3, -0.25) is 4.79 Å². The minimum Gasteiger partial charge on any atom is -0.467 e. The highest BCUT2D eigenvalue weighted by molar-refractivity contribution is 7.89. The number of nitrogens with zero attached hydrogens (tertiary/aromatic N) is 3. The van der Waals surface area contributed by atoms with Crippen LogP contribution in [0, 0.1) is 17.2 Å². The van der Waals surface area contributed by atoms with Gasteiger partial charge in [0.15, 0.2) is 0 Å². The van der Waals surface area contributed by atoms with Gasteiger partial charge in [0.05, 0.1) is 30.3 Å². The van der Waals surface area contributed by atoms with Crippen LogP contribution in [0.15, 0.2) is 45.9 Å². The Hall–Kier alpha value is -2.05. The molecule has 2 heterocycles. The lowest BCUT2D eigenvalue weighted by Gasteiger charge is -2.33. The molecule has 160 valence electrons. The van der Waals surface area contributed by atoms with E-state index in [1.165, 1.54) is 28.8 Å². The van der Waals surface area contributed by atoms with E-state index in [0.29, 0.717) is 25.1 Å². The van der Waals surface area contributed by atoms with E-state index in [1.807, 2.05) is 0 Å². The molecule has 0 spiro atoms. The number of carbonyl (C=O) groups is 1. The third-order valence-electron chi connectivity index (χ3n) is 5.05. The molecular weight excluding hydrogens is 449 g/mol. The summed E-state index contributed by atoms with van der Waals surface area (Å²) in [6.45, 7) is 0.986. The molecule has 1 amide bonds. The number of furan rings is 1. The zero-order valence-electron chi connectivity index (χ0n) is 16.1. The maximum absolute atomic E-state index is 13.0. The molecule has 1 aromatic heterocycles. The number of carbonyl (C=O) groups excluding carboxylic acids is 1. The Morgan fingerprint density at radius 2 is 2.00 bits per heavy atom. The molecule has 30 heavy (non-hydrogen) atoms. The lowest BCUT2D eigenvalue weighted by Crippen LogP contribution is -2.44.